The fraction of sp³-hybridized carbons (Fsp3) is 0.231. The number of carbonyl (C=O) groups excluding carboxylic acids is 1. The van der Waals surface area contributed by atoms with Crippen molar-refractivity contribution in [1.82, 2.24) is 4.98 Å². The predicted molar refractivity (Wildman–Crippen MR) is 71.5 cm³/mol. The van der Waals surface area contributed by atoms with E-state index in [1.807, 2.05) is 6.92 Å². The molecular formula is C13H11Cl2NO3. The summed E-state index contributed by atoms with van der Waals surface area (Å²) in [5.74, 6) is 0.332. The standard InChI is InChI=1S/C13H11Cl2NO3/c1-2-8-3-5-11(19-8)13(17)18-7-10-9(14)4-6-12(15)16-10/h3-6H,2,7H2,1H3. The maximum atomic E-state index is 11.7. The van der Waals surface area contributed by atoms with Crippen molar-refractivity contribution in [3.05, 3.63) is 51.7 Å². The molecule has 0 aliphatic carbocycles. The molecular weight excluding hydrogens is 289 g/mol. The molecule has 0 spiro atoms. The first-order valence-electron chi connectivity index (χ1n) is 5.67. The maximum absolute atomic E-state index is 11.7. The summed E-state index contributed by atoms with van der Waals surface area (Å²) >= 11 is 11.7. The van der Waals surface area contributed by atoms with Gasteiger partial charge in [-0.25, -0.2) is 9.78 Å². The van der Waals surface area contributed by atoms with Crippen LogP contribution in [0.5, 0.6) is 0 Å². The average molecular weight is 300 g/mol. The molecule has 6 heteroatoms. The highest BCUT2D eigenvalue weighted by atomic mass is 35.5. The average Bonchev–Trinajstić information content (AvgIpc) is 2.88. The molecule has 19 heavy (non-hydrogen) atoms. The van der Waals surface area contributed by atoms with Gasteiger partial charge in [-0.1, -0.05) is 30.1 Å². The zero-order valence-electron chi connectivity index (χ0n) is 10.2. The van der Waals surface area contributed by atoms with E-state index in [0.29, 0.717) is 15.9 Å². The number of carbonyl (C=O) groups is 1. The molecule has 0 unspecified atom stereocenters. The van der Waals surface area contributed by atoms with Gasteiger partial charge in [0.15, 0.2) is 0 Å². The second-order valence-electron chi connectivity index (χ2n) is 3.76. The molecule has 0 aromatic carbocycles. The summed E-state index contributed by atoms with van der Waals surface area (Å²) in [7, 11) is 0. The summed E-state index contributed by atoms with van der Waals surface area (Å²) in [5, 5.41) is 0.688. The monoisotopic (exact) mass is 299 g/mol. The van der Waals surface area contributed by atoms with Crippen molar-refractivity contribution in [2.45, 2.75) is 20.0 Å². The predicted octanol–water partition coefficient (Wildman–Crippen LogP) is 3.90. The lowest BCUT2D eigenvalue weighted by Crippen LogP contribution is -2.05. The van der Waals surface area contributed by atoms with E-state index in [4.69, 9.17) is 32.4 Å². The fourth-order valence-electron chi connectivity index (χ4n) is 1.44. The maximum Gasteiger partial charge on any atom is 0.374 e. The third-order valence-corrected chi connectivity index (χ3v) is 2.99. The van der Waals surface area contributed by atoms with E-state index in [1.54, 1.807) is 24.3 Å². The Kier molecular flexibility index (Phi) is 4.45. The van der Waals surface area contributed by atoms with E-state index in [9.17, 15) is 4.79 Å². The van der Waals surface area contributed by atoms with E-state index in [-0.39, 0.29) is 12.4 Å². The molecule has 0 saturated carbocycles. The van der Waals surface area contributed by atoms with Crippen molar-refractivity contribution < 1.29 is 13.9 Å². The minimum atomic E-state index is -0.558. The number of pyridine rings is 1. The molecule has 4 nitrogen and oxygen atoms in total. The number of furan rings is 1. The minimum Gasteiger partial charge on any atom is -0.454 e. The Morgan fingerprint density at radius 2 is 2.11 bits per heavy atom. The summed E-state index contributed by atoms with van der Waals surface area (Å²) in [6, 6.07) is 6.48. The zero-order chi connectivity index (χ0) is 13.8. The molecule has 0 radical (unpaired) electrons. The van der Waals surface area contributed by atoms with Crippen molar-refractivity contribution in [1.29, 1.82) is 0 Å². The SMILES string of the molecule is CCc1ccc(C(=O)OCc2nc(Cl)ccc2Cl)o1. The van der Waals surface area contributed by atoms with Crippen LogP contribution in [0.2, 0.25) is 10.2 Å². The van der Waals surface area contributed by atoms with Gasteiger partial charge in [0.1, 0.15) is 17.5 Å². The van der Waals surface area contributed by atoms with E-state index >= 15 is 0 Å². The van der Waals surface area contributed by atoms with E-state index in [0.717, 1.165) is 12.2 Å². The highest BCUT2D eigenvalue weighted by molar-refractivity contribution is 6.32. The Bertz CT molecular complexity index is 595. The third kappa shape index (κ3) is 3.49. The van der Waals surface area contributed by atoms with Crippen molar-refractivity contribution in [3.8, 4) is 0 Å². The van der Waals surface area contributed by atoms with Gasteiger partial charge in [-0.2, -0.15) is 0 Å². The molecule has 0 bridgehead atoms. The van der Waals surface area contributed by atoms with Crippen molar-refractivity contribution >= 4 is 29.2 Å². The highest BCUT2D eigenvalue weighted by Gasteiger charge is 2.13. The lowest BCUT2D eigenvalue weighted by atomic mass is 10.3. The fourth-order valence-corrected chi connectivity index (χ4v) is 1.77. The number of rotatable bonds is 4. The second-order valence-corrected chi connectivity index (χ2v) is 4.55. The van der Waals surface area contributed by atoms with Crippen LogP contribution in [0, 0.1) is 0 Å². The van der Waals surface area contributed by atoms with E-state index in [2.05, 4.69) is 4.98 Å². The van der Waals surface area contributed by atoms with Crippen LogP contribution in [0.4, 0.5) is 0 Å². The lowest BCUT2D eigenvalue weighted by molar-refractivity contribution is 0.0429. The van der Waals surface area contributed by atoms with Crippen LogP contribution in [-0.4, -0.2) is 11.0 Å². The summed E-state index contributed by atoms with van der Waals surface area (Å²) in [6.07, 6.45) is 0.717. The number of nitrogens with zero attached hydrogens (tertiary/aromatic N) is 1. The van der Waals surface area contributed by atoms with Gasteiger partial charge in [-0.15, -0.1) is 0 Å². The van der Waals surface area contributed by atoms with Gasteiger partial charge < -0.3 is 9.15 Å². The molecule has 2 heterocycles. The third-order valence-electron chi connectivity index (χ3n) is 2.44. The molecule has 0 saturated heterocycles. The van der Waals surface area contributed by atoms with Crippen LogP contribution in [0.3, 0.4) is 0 Å². The van der Waals surface area contributed by atoms with Gasteiger partial charge in [0.2, 0.25) is 5.76 Å². The Morgan fingerprint density at radius 1 is 1.32 bits per heavy atom. The number of hydrogen-bond acceptors (Lipinski definition) is 4. The molecule has 0 N–H and O–H groups in total. The van der Waals surface area contributed by atoms with Crippen LogP contribution >= 0.6 is 23.2 Å². The summed E-state index contributed by atoms with van der Waals surface area (Å²) < 4.78 is 10.4. The van der Waals surface area contributed by atoms with Crippen LogP contribution in [0.25, 0.3) is 0 Å². The van der Waals surface area contributed by atoms with Gasteiger partial charge in [0, 0.05) is 6.42 Å². The van der Waals surface area contributed by atoms with E-state index < -0.39 is 5.97 Å². The molecule has 0 atom stereocenters. The smallest absolute Gasteiger partial charge is 0.374 e. The van der Waals surface area contributed by atoms with Gasteiger partial charge >= 0.3 is 5.97 Å². The molecule has 0 aliphatic rings. The van der Waals surface area contributed by atoms with Gasteiger partial charge in [0.05, 0.1) is 10.7 Å². The number of hydrogen-bond donors (Lipinski definition) is 0. The Labute approximate surface area is 120 Å². The van der Waals surface area contributed by atoms with Crippen molar-refractivity contribution in [3.63, 3.8) is 0 Å². The number of ether oxygens (including phenoxy) is 1. The molecule has 2 aromatic rings. The number of halogens is 2. The number of esters is 1. The Morgan fingerprint density at radius 3 is 2.79 bits per heavy atom. The second kappa shape index (κ2) is 6.08. The first-order chi connectivity index (χ1) is 9.10. The first kappa shape index (κ1) is 13.9. The minimum absolute atomic E-state index is 0.0552. The quantitative estimate of drug-likeness (QED) is 0.634. The molecule has 2 rings (SSSR count). The van der Waals surface area contributed by atoms with Crippen molar-refractivity contribution in [2.75, 3.05) is 0 Å². The zero-order valence-corrected chi connectivity index (χ0v) is 11.7. The van der Waals surface area contributed by atoms with Gasteiger partial charge in [0.25, 0.3) is 0 Å². The summed E-state index contributed by atoms with van der Waals surface area (Å²) in [5.41, 5.74) is 0.407. The molecule has 0 amide bonds. The highest BCUT2D eigenvalue weighted by Crippen LogP contribution is 2.18. The largest absolute Gasteiger partial charge is 0.454 e. The van der Waals surface area contributed by atoms with Crippen LogP contribution in [0.1, 0.15) is 28.9 Å². The summed E-state index contributed by atoms with van der Waals surface area (Å²) in [6.45, 7) is 1.88. The van der Waals surface area contributed by atoms with Crippen molar-refractivity contribution in [2.24, 2.45) is 0 Å². The lowest BCUT2D eigenvalue weighted by Gasteiger charge is -2.04. The molecule has 0 aliphatic heterocycles. The Balaban J connectivity index is 2.02. The molecule has 2 aromatic heterocycles. The van der Waals surface area contributed by atoms with Gasteiger partial charge in [-0.3, -0.25) is 0 Å². The topological polar surface area (TPSA) is 52.3 Å². The normalized spacial score (nSPS) is 10.5. The summed E-state index contributed by atoms with van der Waals surface area (Å²) in [4.78, 5) is 15.7. The first-order valence-corrected chi connectivity index (χ1v) is 6.42. The van der Waals surface area contributed by atoms with Crippen LogP contribution < -0.4 is 0 Å². The Hall–Kier alpha value is -1.52. The van der Waals surface area contributed by atoms with Crippen LogP contribution in [-0.2, 0) is 17.8 Å². The van der Waals surface area contributed by atoms with Gasteiger partial charge in [-0.05, 0) is 24.3 Å². The molecule has 100 valence electrons. The number of aryl methyl sites for hydroxylation is 1. The van der Waals surface area contributed by atoms with Crippen LogP contribution in [0.15, 0.2) is 28.7 Å². The van der Waals surface area contributed by atoms with E-state index in [1.165, 1.54) is 0 Å². The number of aromatic nitrogens is 1. The molecule has 0 fully saturated rings.